The van der Waals surface area contributed by atoms with Gasteiger partial charge in [0, 0.05) is 12.1 Å². The second kappa shape index (κ2) is 5.53. The average molecular weight is 216 g/mol. The molecule has 3 nitrogen and oxygen atoms in total. The predicted octanol–water partition coefficient (Wildman–Crippen LogP) is 2.67. The number of hydrogen-bond acceptors (Lipinski definition) is 3. The van der Waals surface area contributed by atoms with Crippen molar-refractivity contribution in [2.75, 3.05) is 19.6 Å². The van der Waals surface area contributed by atoms with Crippen LogP contribution in [0.4, 0.5) is 0 Å². The van der Waals surface area contributed by atoms with E-state index in [9.17, 15) is 0 Å². The molecule has 0 aromatic carbocycles. The minimum atomic E-state index is 0.747. The van der Waals surface area contributed by atoms with Crippen molar-refractivity contribution in [3.8, 4) is 6.07 Å². The van der Waals surface area contributed by atoms with Crippen LogP contribution in [0.3, 0.4) is 0 Å². The van der Waals surface area contributed by atoms with Crippen LogP contribution in [0, 0.1) is 11.3 Å². The molecule has 0 spiro atoms. The lowest BCUT2D eigenvalue weighted by atomic mass is 10.1. The molecule has 0 bridgehead atoms. The van der Waals surface area contributed by atoms with Gasteiger partial charge in [0.15, 0.2) is 0 Å². The third-order valence-corrected chi connectivity index (χ3v) is 2.85. The Morgan fingerprint density at radius 2 is 2.25 bits per heavy atom. The fraction of sp³-hybridized carbons (Fsp3) is 0.462. The molecule has 3 heteroatoms. The molecule has 1 aromatic heterocycles. The third-order valence-electron chi connectivity index (χ3n) is 2.85. The molecule has 1 fully saturated rings. The van der Waals surface area contributed by atoms with Crippen molar-refractivity contribution < 1.29 is 4.42 Å². The van der Waals surface area contributed by atoms with E-state index in [1.165, 1.54) is 19.3 Å². The van der Waals surface area contributed by atoms with E-state index >= 15 is 0 Å². The van der Waals surface area contributed by atoms with Crippen LogP contribution in [0.25, 0.3) is 6.08 Å². The first-order chi connectivity index (χ1) is 7.88. The van der Waals surface area contributed by atoms with E-state index in [0.29, 0.717) is 0 Å². The lowest BCUT2D eigenvalue weighted by molar-refractivity contribution is 0.249. The van der Waals surface area contributed by atoms with E-state index in [2.05, 4.69) is 11.0 Å². The van der Waals surface area contributed by atoms with Gasteiger partial charge in [-0.1, -0.05) is 6.42 Å². The lowest BCUT2D eigenvalue weighted by Gasteiger charge is -2.25. The van der Waals surface area contributed by atoms with Gasteiger partial charge in [-0.3, -0.25) is 4.90 Å². The van der Waals surface area contributed by atoms with Crippen molar-refractivity contribution >= 4 is 6.08 Å². The molecule has 0 saturated carbocycles. The quantitative estimate of drug-likeness (QED) is 0.729. The third kappa shape index (κ3) is 2.98. The van der Waals surface area contributed by atoms with Gasteiger partial charge >= 0.3 is 0 Å². The van der Waals surface area contributed by atoms with Crippen molar-refractivity contribution in [2.24, 2.45) is 0 Å². The van der Waals surface area contributed by atoms with Gasteiger partial charge in [-0.25, -0.2) is 0 Å². The Labute approximate surface area is 96.0 Å². The average Bonchev–Trinajstić information content (AvgIpc) is 2.82. The largest absolute Gasteiger partial charge is 0.465 e. The van der Waals surface area contributed by atoms with Gasteiger partial charge in [-0.05, 0) is 44.1 Å². The summed E-state index contributed by atoms with van der Waals surface area (Å²) in [6.45, 7) is 2.96. The smallest absolute Gasteiger partial charge is 0.127 e. The maximum Gasteiger partial charge on any atom is 0.127 e. The topological polar surface area (TPSA) is 40.2 Å². The first kappa shape index (κ1) is 11.0. The zero-order valence-electron chi connectivity index (χ0n) is 9.35. The highest BCUT2D eigenvalue weighted by Crippen LogP contribution is 2.13. The molecule has 0 atom stereocenters. The van der Waals surface area contributed by atoms with Gasteiger partial charge in [0.05, 0.1) is 12.3 Å². The zero-order valence-corrected chi connectivity index (χ0v) is 9.35. The Balaban J connectivity index is 1.98. The number of hydrogen-bond donors (Lipinski definition) is 0. The van der Waals surface area contributed by atoms with E-state index in [1.54, 1.807) is 6.26 Å². The highest BCUT2D eigenvalue weighted by atomic mass is 16.3. The Morgan fingerprint density at radius 1 is 1.44 bits per heavy atom. The normalized spacial score (nSPS) is 18.3. The molecule has 1 aromatic rings. The molecule has 0 N–H and O–H groups in total. The Kier molecular flexibility index (Phi) is 3.79. The minimum Gasteiger partial charge on any atom is -0.465 e. The number of likely N-dealkylation sites (tertiary alicyclic amines) is 1. The second-order valence-electron chi connectivity index (χ2n) is 4.13. The van der Waals surface area contributed by atoms with Gasteiger partial charge < -0.3 is 4.42 Å². The molecule has 1 aliphatic heterocycles. The van der Waals surface area contributed by atoms with Gasteiger partial charge in [0.2, 0.25) is 0 Å². The first-order valence-corrected chi connectivity index (χ1v) is 5.75. The van der Waals surface area contributed by atoms with Crippen molar-refractivity contribution in [1.82, 2.24) is 4.90 Å². The number of furan rings is 1. The van der Waals surface area contributed by atoms with Crippen LogP contribution in [-0.4, -0.2) is 24.5 Å². The van der Waals surface area contributed by atoms with E-state index in [4.69, 9.17) is 9.68 Å². The van der Waals surface area contributed by atoms with Gasteiger partial charge in [-0.15, -0.1) is 0 Å². The van der Waals surface area contributed by atoms with Gasteiger partial charge in [0.1, 0.15) is 5.76 Å². The predicted molar refractivity (Wildman–Crippen MR) is 62.6 cm³/mol. The molecule has 1 aliphatic rings. The molecule has 1 saturated heterocycles. The number of nitriles is 1. The van der Waals surface area contributed by atoms with Crippen LogP contribution >= 0.6 is 0 Å². The van der Waals surface area contributed by atoms with Crippen molar-refractivity contribution in [3.05, 3.63) is 29.7 Å². The van der Waals surface area contributed by atoms with Gasteiger partial charge in [-0.2, -0.15) is 5.26 Å². The standard InChI is InChI=1S/C13H16N2O/c14-10-12(9-13-5-4-8-16-13)11-15-6-2-1-3-7-15/h4-5,8-9H,1-3,6-7,11H2/b12-9+. The summed E-state index contributed by atoms with van der Waals surface area (Å²) in [6, 6.07) is 5.95. The molecule has 0 radical (unpaired) electrons. The molecule has 0 amide bonds. The summed E-state index contributed by atoms with van der Waals surface area (Å²) in [7, 11) is 0. The molecule has 0 unspecified atom stereocenters. The maximum atomic E-state index is 9.07. The van der Waals surface area contributed by atoms with Gasteiger partial charge in [0.25, 0.3) is 0 Å². The fourth-order valence-corrected chi connectivity index (χ4v) is 2.02. The second-order valence-corrected chi connectivity index (χ2v) is 4.13. The summed E-state index contributed by atoms with van der Waals surface area (Å²) in [5.41, 5.74) is 0.775. The van der Waals surface area contributed by atoms with Crippen LogP contribution in [0.5, 0.6) is 0 Å². The van der Waals surface area contributed by atoms with E-state index in [0.717, 1.165) is 31.0 Å². The van der Waals surface area contributed by atoms with Crippen LogP contribution in [0.15, 0.2) is 28.4 Å². The Morgan fingerprint density at radius 3 is 2.88 bits per heavy atom. The van der Waals surface area contributed by atoms with E-state index < -0.39 is 0 Å². The van der Waals surface area contributed by atoms with Crippen LogP contribution in [-0.2, 0) is 0 Å². The van der Waals surface area contributed by atoms with Crippen LogP contribution < -0.4 is 0 Å². The summed E-state index contributed by atoms with van der Waals surface area (Å²) in [4.78, 5) is 2.33. The van der Waals surface area contributed by atoms with Crippen molar-refractivity contribution in [2.45, 2.75) is 19.3 Å². The zero-order chi connectivity index (χ0) is 11.2. The molecular formula is C13H16N2O. The number of piperidine rings is 1. The molecule has 0 aliphatic carbocycles. The SMILES string of the molecule is N#C/C(=C\c1ccco1)CN1CCCCC1. The summed E-state index contributed by atoms with van der Waals surface area (Å²) in [6.07, 6.45) is 7.27. The van der Waals surface area contributed by atoms with Crippen molar-refractivity contribution in [1.29, 1.82) is 5.26 Å². The highest BCUT2D eigenvalue weighted by Gasteiger charge is 2.11. The van der Waals surface area contributed by atoms with Crippen LogP contribution in [0.1, 0.15) is 25.0 Å². The lowest BCUT2D eigenvalue weighted by Crippen LogP contribution is -2.31. The minimum absolute atomic E-state index is 0.747. The Hall–Kier alpha value is -1.53. The first-order valence-electron chi connectivity index (χ1n) is 5.75. The fourth-order valence-electron chi connectivity index (χ4n) is 2.02. The molecule has 2 rings (SSSR count). The van der Waals surface area contributed by atoms with Crippen molar-refractivity contribution in [3.63, 3.8) is 0 Å². The summed E-state index contributed by atoms with van der Waals surface area (Å²) in [5, 5.41) is 9.07. The molecule has 16 heavy (non-hydrogen) atoms. The van der Waals surface area contributed by atoms with Crippen LogP contribution in [0.2, 0.25) is 0 Å². The molecule has 2 heterocycles. The summed E-state index contributed by atoms with van der Waals surface area (Å²) >= 11 is 0. The summed E-state index contributed by atoms with van der Waals surface area (Å²) < 4.78 is 5.21. The number of rotatable bonds is 3. The highest BCUT2D eigenvalue weighted by molar-refractivity contribution is 5.53. The molecule has 84 valence electrons. The number of nitrogens with zero attached hydrogens (tertiary/aromatic N) is 2. The summed E-state index contributed by atoms with van der Waals surface area (Å²) in [5.74, 6) is 0.758. The molecular weight excluding hydrogens is 200 g/mol. The monoisotopic (exact) mass is 216 g/mol. The van der Waals surface area contributed by atoms with E-state index in [1.807, 2.05) is 18.2 Å². The van der Waals surface area contributed by atoms with E-state index in [-0.39, 0.29) is 0 Å². The Bertz CT molecular complexity index is 381. The maximum absolute atomic E-state index is 9.07.